The normalized spacial score (nSPS) is 10.7. The molecule has 0 aromatic heterocycles. The summed E-state index contributed by atoms with van der Waals surface area (Å²) < 4.78 is 12.7. The van der Waals surface area contributed by atoms with E-state index in [9.17, 15) is 9.18 Å². The lowest BCUT2D eigenvalue weighted by atomic mass is 10.2. The van der Waals surface area contributed by atoms with E-state index in [0.717, 1.165) is 11.1 Å². The molecular formula is C16H15FN2O. The maximum absolute atomic E-state index is 12.7. The molecule has 0 fully saturated rings. The Morgan fingerprint density at radius 2 is 1.75 bits per heavy atom. The molecule has 0 radical (unpaired) electrons. The van der Waals surface area contributed by atoms with Gasteiger partial charge < -0.3 is 11.1 Å². The molecule has 2 aromatic rings. The number of carbonyl (C=O) groups is 1. The molecule has 20 heavy (non-hydrogen) atoms. The van der Waals surface area contributed by atoms with Crippen molar-refractivity contribution in [1.29, 1.82) is 0 Å². The Morgan fingerprint density at radius 3 is 2.35 bits per heavy atom. The summed E-state index contributed by atoms with van der Waals surface area (Å²) in [7, 11) is 0. The lowest BCUT2D eigenvalue weighted by molar-refractivity contribution is -0.111. The number of anilines is 1. The smallest absolute Gasteiger partial charge is 0.248 e. The monoisotopic (exact) mass is 270 g/mol. The van der Waals surface area contributed by atoms with Crippen molar-refractivity contribution in [3.05, 3.63) is 71.6 Å². The van der Waals surface area contributed by atoms with E-state index in [1.165, 1.54) is 18.2 Å². The van der Waals surface area contributed by atoms with Gasteiger partial charge in [0.2, 0.25) is 5.91 Å². The summed E-state index contributed by atoms with van der Waals surface area (Å²) in [6.45, 7) is 0.471. The van der Waals surface area contributed by atoms with Gasteiger partial charge in [-0.1, -0.05) is 24.3 Å². The first-order valence-corrected chi connectivity index (χ1v) is 6.21. The molecule has 0 bridgehead atoms. The molecule has 0 spiro atoms. The highest BCUT2D eigenvalue weighted by Crippen LogP contribution is 2.10. The summed E-state index contributed by atoms with van der Waals surface area (Å²) in [6, 6.07) is 13.2. The Kier molecular flexibility index (Phi) is 4.63. The Bertz CT molecular complexity index is 603. The average Bonchev–Trinajstić information content (AvgIpc) is 2.47. The second-order valence-corrected chi connectivity index (χ2v) is 4.28. The quantitative estimate of drug-likeness (QED) is 0.839. The molecule has 0 heterocycles. The van der Waals surface area contributed by atoms with Crippen LogP contribution in [-0.2, 0) is 11.3 Å². The Balaban J connectivity index is 1.96. The van der Waals surface area contributed by atoms with Gasteiger partial charge in [-0.2, -0.15) is 0 Å². The zero-order chi connectivity index (χ0) is 14.4. The van der Waals surface area contributed by atoms with Gasteiger partial charge in [0.1, 0.15) is 5.82 Å². The maximum Gasteiger partial charge on any atom is 0.248 e. The molecular weight excluding hydrogens is 255 g/mol. The van der Waals surface area contributed by atoms with E-state index in [-0.39, 0.29) is 11.7 Å². The van der Waals surface area contributed by atoms with Crippen molar-refractivity contribution >= 4 is 17.7 Å². The zero-order valence-corrected chi connectivity index (χ0v) is 10.8. The summed E-state index contributed by atoms with van der Waals surface area (Å²) in [5, 5.41) is 2.73. The fourth-order valence-electron chi connectivity index (χ4n) is 1.65. The van der Waals surface area contributed by atoms with Gasteiger partial charge in [-0.3, -0.25) is 4.79 Å². The molecule has 3 N–H and O–H groups in total. The van der Waals surface area contributed by atoms with Gasteiger partial charge in [0.25, 0.3) is 0 Å². The lowest BCUT2D eigenvalue weighted by Crippen LogP contribution is -2.07. The van der Waals surface area contributed by atoms with E-state index in [0.29, 0.717) is 12.2 Å². The fraction of sp³-hybridized carbons (Fsp3) is 0.0625. The van der Waals surface area contributed by atoms with Gasteiger partial charge >= 0.3 is 0 Å². The van der Waals surface area contributed by atoms with Crippen LogP contribution in [0, 0.1) is 5.82 Å². The second kappa shape index (κ2) is 6.63. The van der Waals surface area contributed by atoms with Gasteiger partial charge in [0, 0.05) is 18.3 Å². The molecule has 0 aliphatic carbocycles. The first-order valence-electron chi connectivity index (χ1n) is 6.21. The predicted octanol–water partition coefficient (Wildman–Crippen LogP) is 2.94. The summed E-state index contributed by atoms with van der Waals surface area (Å²) in [5.41, 5.74) is 7.97. The first-order chi connectivity index (χ1) is 9.67. The third-order valence-corrected chi connectivity index (χ3v) is 2.75. The van der Waals surface area contributed by atoms with Crippen molar-refractivity contribution in [3.8, 4) is 0 Å². The van der Waals surface area contributed by atoms with E-state index in [1.807, 2.05) is 12.1 Å². The van der Waals surface area contributed by atoms with E-state index in [4.69, 9.17) is 5.73 Å². The Morgan fingerprint density at radius 1 is 1.10 bits per heavy atom. The highest BCUT2D eigenvalue weighted by Gasteiger charge is 1.98. The van der Waals surface area contributed by atoms with E-state index < -0.39 is 0 Å². The molecule has 0 aliphatic rings. The van der Waals surface area contributed by atoms with Crippen molar-refractivity contribution in [1.82, 2.24) is 0 Å². The Hall–Kier alpha value is -2.46. The number of rotatable bonds is 4. The fourth-order valence-corrected chi connectivity index (χ4v) is 1.65. The number of halogens is 1. The van der Waals surface area contributed by atoms with Crippen LogP contribution in [-0.4, -0.2) is 5.91 Å². The molecule has 3 nitrogen and oxygen atoms in total. The molecule has 0 aliphatic heterocycles. The minimum Gasteiger partial charge on any atom is -0.326 e. The van der Waals surface area contributed by atoms with Crippen molar-refractivity contribution in [2.24, 2.45) is 5.73 Å². The van der Waals surface area contributed by atoms with E-state index in [1.54, 1.807) is 30.3 Å². The van der Waals surface area contributed by atoms with Gasteiger partial charge in [-0.15, -0.1) is 0 Å². The number of carbonyl (C=O) groups excluding carboxylic acids is 1. The summed E-state index contributed by atoms with van der Waals surface area (Å²) in [4.78, 5) is 11.7. The molecule has 0 atom stereocenters. The molecule has 0 saturated heterocycles. The summed E-state index contributed by atoms with van der Waals surface area (Å²) >= 11 is 0. The van der Waals surface area contributed by atoms with Gasteiger partial charge in [0.15, 0.2) is 0 Å². The van der Waals surface area contributed by atoms with Crippen LogP contribution in [0.15, 0.2) is 54.6 Å². The third kappa shape index (κ3) is 4.03. The molecule has 102 valence electrons. The highest BCUT2D eigenvalue weighted by atomic mass is 19.1. The largest absolute Gasteiger partial charge is 0.326 e. The van der Waals surface area contributed by atoms with Gasteiger partial charge in [-0.25, -0.2) is 4.39 Å². The number of nitrogens with one attached hydrogen (secondary N) is 1. The second-order valence-electron chi connectivity index (χ2n) is 4.28. The maximum atomic E-state index is 12.7. The number of benzene rings is 2. The lowest BCUT2D eigenvalue weighted by Gasteiger charge is -2.03. The number of nitrogens with two attached hydrogens (primary N) is 1. The van der Waals surface area contributed by atoms with Crippen LogP contribution in [0.3, 0.4) is 0 Å². The summed E-state index contributed by atoms with van der Waals surface area (Å²) in [5.74, 6) is -0.540. The van der Waals surface area contributed by atoms with Crippen molar-refractivity contribution in [2.45, 2.75) is 6.54 Å². The van der Waals surface area contributed by atoms with Crippen LogP contribution in [0.2, 0.25) is 0 Å². The van der Waals surface area contributed by atoms with Crippen LogP contribution in [0.5, 0.6) is 0 Å². The van der Waals surface area contributed by atoms with Crippen molar-refractivity contribution < 1.29 is 9.18 Å². The van der Waals surface area contributed by atoms with Crippen LogP contribution in [0.4, 0.5) is 10.1 Å². The van der Waals surface area contributed by atoms with Crippen molar-refractivity contribution in [3.63, 3.8) is 0 Å². The molecule has 1 amide bonds. The van der Waals surface area contributed by atoms with Crippen LogP contribution in [0.25, 0.3) is 6.08 Å². The van der Waals surface area contributed by atoms with E-state index >= 15 is 0 Å². The van der Waals surface area contributed by atoms with E-state index in [2.05, 4.69) is 5.32 Å². The van der Waals surface area contributed by atoms with Gasteiger partial charge in [-0.05, 0) is 41.5 Å². The summed E-state index contributed by atoms with van der Waals surface area (Å²) in [6.07, 6.45) is 3.03. The third-order valence-electron chi connectivity index (χ3n) is 2.75. The number of hydrogen-bond donors (Lipinski definition) is 2. The predicted molar refractivity (Wildman–Crippen MR) is 78.4 cm³/mol. The standard InChI is InChI=1S/C16H15FN2O/c17-14-6-1-12(2-7-14)5-10-16(20)19-15-8-3-13(11-18)4-9-15/h1-10H,11,18H2,(H,19,20)/b10-5+. The topological polar surface area (TPSA) is 55.1 Å². The molecule has 4 heteroatoms. The van der Waals surface area contributed by atoms with Crippen LogP contribution >= 0.6 is 0 Å². The zero-order valence-electron chi connectivity index (χ0n) is 10.8. The molecule has 2 aromatic carbocycles. The van der Waals surface area contributed by atoms with Crippen LogP contribution < -0.4 is 11.1 Å². The van der Waals surface area contributed by atoms with Crippen LogP contribution in [0.1, 0.15) is 11.1 Å². The SMILES string of the molecule is NCc1ccc(NC(=O)/C=C/c2ccc(F)cc2)cc1. The number of amides is 1. The number of hydrogen-bond acceptors (Lipinski definition) is 2. The molecule has 0 saturated carbocycles. The molecule has 2 rings (SSSR count). The van der Waals surface area contributed by atoms with Crippen molar-refractivity contribution in [2.75, 3.05) is 5.32 Å². The Labute approximate surface area is 116 Å². The minimum absolute atomic E-state index is 0.241. The highest BCUT2D eigenvalue weighted by molar-refractivity contribution is 6.01. The minimum atomic E-state index is -0.299. The van der Waals surface area contributed by atoms with Gasteiger partial charge in [0.05, 0.1) is 0 Å². The first kappa shape index (κ1) is 14.0. The average molecular weight is 270 g/mol. The molecule has 0 unspecified atom stereocenters.